The van der Waals surface area contributed by atoms with E-state index in [0.717, 1.165) is 6.07 Å². The predicted molar refractivity (Wildman–Crippen MR) is 243 cm³/mol. The number of aliphatic hydroxyl groups is 1. The molecule has 4 aromatic carbocycles. The Balaban J connectivity index is 1.02. The number of nitrogens with one attached hydrogen (secondary N) is 3. The van der Waals surface area contributed by atoms with Crippen LogP contribution in [0.15, 0.2) is 78.9 Å². The Labute approximate surface area is 389 Å². The molecule has 5 atom stereocenters. The predicted octanol–water partition coefficient (Wildman–Crippen LogP) is 9.79. The highest BCUT2D eigenvalue weighted by molar-refractivity contribution is 6.32. The smallest absolute Gasteiger partial charge is 0.237 e. The van der Waals surface area contributed by atoms with Crippen LogP contribution in [0.25, 0.3) is 0 Å². The monoisotopic (exact) mass is 935 g/mol. The third-order valence-corrected chi connectivity index (χ3v) is 13.3. The molecule has 0 bridgehead atoms. The van der Waals surface area contributed by atoms with Crippen LogP contribution in [0.2, 0.25) is 15.1 Å². The van der Waals surface area contributed by atoms with Gasteiger partial charge in [0, 0.05) is 52.0 Å². The van der Waals surface area contributed by atoms with Gasteiger partial charge in [0.2, 0.25) is 5.91 Å². The molecule has 340 valence electrons. The number of nitrogens with zero attached hydrogens (tertiary/aromatic N) is 2. The van der Waals surface area contributed by atoms with Crippen molar-refractivity contribution in [1.29, 1.82) is 10.5 Å². The molecule has 0 radical (unpaired) electrons. The van der Waals surface area contributed by atoms with Crippen molar-refractivity contribution in [2.75, 3.05) is 26.4 Å². The summed E-state index contributed by atoms with van der Waals surface area (Å²) in [6.45, 7) is 14.8. The highest BCUT2D eigenvalue weighted by Gasteiger charge is 2.64. The van der Waals surface area contributed by atoms with E-state index in [9.17, 15) is 20.4 Å². The number of hydrogen-bond acceptors (Lipinski definition) is 9. The molecule has 64 heavy (non-hydrogen) atoms. The molecule has 4 N–H and O–H groups in total. The molecule has 10 nitrogen and oxygen atoms in total. The maximum atomic E-state index is 15.9. The second-order valence-corrected chi connectivity index (χ2v) is 20.2. The standard InChI is InChI=1S/C49H54Cl3F2N5O5/c1-46(2,3)25-38-49(27-56,34-18-14-30(50)23-37(34)53)39(33-9-8-10-35(51)40(33)54)41(58-38)43(61)57-19-20-62-21-22-63-31-15-11-28(12-16-31)42(60)59-44-47(4,5)45(48(44,6)7)64-32-17-13-29(26-55)36(52)24-32/h8-18,23-24,38-39,41-42,44-45,58-60H,19-22,25H2,1-7H3,(H,57,61)/t38-,39+,41?,42?,44?,45?,49-/m0/s1. The van der Waals surface area contributed by atoms with Crippen molar-refractivity contribution >= 4 is 40.7 Å². The van der Waals surface area contributed by atoms with Crippen molar-refractivity contribution in [1.82, 2.24) is 16.0 Å². The van der Waals surface area contributed by atoms with Gasteiger partial charge in [-0.05, 0) is 65.4 Å². The Kier molecular flexibility index (Phi) is 14.9. The molecule has 2 unspecified atom stereocenters. The van der Waals surface area contributed by atoms with Gasteiger partial charge in [-0.3, -0.25) is 10.1 Å². The zero-order valence-corrected chi connectivity index (χ0v) is 39.1. The molecule has 1 aliphatic carbocycles. The zero-order chi connectivity index (χ0) is 46.8. The Hall–Kier alpha value is -4.50. The first-order valence-electron chi connectivity index (χ1n) is 21.1. The number of amides is 1. The minimum Gasteiger partial charge on any atom is -0.491 e. The molecule has 6 rings (SSSR count). The lowest BCUT2D eigenvalue weighted by atomic mass is 9.49. The number of carbonyl (C=O) groups excluding carboxylic acids is 1. The van der Waals surface area contributed by atoms with E-state index >= 15 is 8.78 Å². The van der Waals surface area contributed by atoms with E-state index in [4.69, 9.17) is 49.0 Å². The molecule has 1 saturated carbocycles. The molecule has 15 heteroatoms. The van der Waals surface area contributed by atoms with Crippen LogP contribution < -0.4 is 25.4 Å². The van der Waals surface area contributed by atoms with Gasteiger partial charge in [0.25, 0.3) is 0 Å². The summed E-state index contributed by atoms with van der Waals surface area (Å²) >= 11 is 18.6. The molecule has 1 saturated heterocycles. The number of carbonyl (C=O) groups is 1. The van der Waals surface area contributed by atoms with E-state index < -0.39 is 47.2 Å². The van der Waals surface area contributed by atoms with Gasteiger partial charge in [0.05, 0.1) is 40.9 Å². The van der Waals surface area contributed by atoms with Crippen LogP contribution in [-0.4, -0.2) is 61.6 Å². The van der Waals surface area contributed by atoms with E-state index in [1.54, 1.807) is 48.5 Å². The fourth-order valence-corrected chi connectivity index (χ4v) is 10.4. The highest BCUT2D eigenvalue weighted by atomic mass is 35.5. The molecular formula is C49H54Cl3F2N5O5. The number of hydrogen-bond donors (Lipinski definition) is 4. The van der Waals surface area contributed by atoms with Gasteiger partial charge in [-0.2, -0.15) is 10.5 Å². The highest BCUT2D eigenvalue weighted by Crippen LogP contribution is 2.56. The van der Waals surface area contributed by atoms with Gasteiger partial charge in [0.15, 0.2) is 0 Å². The Morgan fingerprint density at radius 2 is 1.59 bits per heavy atom. The van der Waals surface area contributed by atoms with Gasteiger partial charge >= 0.3 is 0 Å². The van der Waals surface area contributed by atoms with Crippen molar-refractivity contribution in [2.45, 2.75) is 96.7 Å². The summed E-state index contributed by atoms with van der Waals surface area (Å²) in [6, 6.07) is 22.9. The number of rotatable bonds is 16. The number of ether oxygens (including phenoxy) is 3. The zero-order valence-electron chi connectivity index (χ0n) is 36.9. The molecule has 2 aliphatic rings. The lowest BCUT2D eigenvalue weighted by Gasteiger charge is -2.63. The Bertz CT molecular complexity index is 2400. The molecular weight excluding hydrogens is 883 g/mol. The molecule has 4 aromatic rings. The van der Waals surface area contributed by atoms with Crippen LogP contribution in [0, 0.1) is 50.5 Å². The minimum absolute atomic E-state index is 0.00165. The van der Waals surface area contributed by atoms with E-state index in [2.05, 4.69) is 55.8 Å². The molecule has 0 aromatic heterocycles. The first kappa shape index (κ1) is 48.9. The summed E-state index contributed by atoms with van der Waals surface area (Å²) in [7, 11) is 0. The first-order chi connectivity index (χ1) is 30.1. The topological polar surface area (TPSA) is 149 Å². The fraction of sp³-hybridized carbons (Fsp3) is 0.449. The minimum atomic E-state index is -1.73. The largest absolute Gasteiger partial charge is 0.491 e. The molecule has 1 aliphatic heterocycles. The van der Waals surface area contributed by atoms with Crippen LogP contribution >= 0.6 is 34.8 Å². The van der Waals surface area contributed by atoms with Crippen molar-refractivity contribution < 1.29 is 32.9 Å². The quantitative estimate of drug-likeness (QED) is 0.0637. The maximum Gasteiger partial charge on any atom is 0.237 e. The third-order valence-electron chi connectivity index (χ3n) is 12.4. The normalized spacial score (nSPS) is 23.9. The van der Waals surface area contributed by atoms with Crippen molar-refractivity contribution in [3.63, 3.8) is 0 Å². The fourth-order valence-electron chi connectivity index (χ4n) is 9.89. The number of aliphatic hydroxyl groups excluding tert-OH is 1. The van der Waals surface area contributed by atoms with E-state index in [-0.39, 0.29) is 75.9 Å². The van der Waals surface area contributed by atoms with Crippen LogP contribution in [0.3, 0.4) is 0 Å². The SMILES string of the molecule is CC(C)(C)C[C@@H]1NC(C(=O)NCCOCCOc2ccc(C(O)NC3C(C)(C)C(Oc4ccc(C#N)c(Cl)c4)C3(C)C)cc2)[C@@H](c2cccc(Cl)c2F)[C@@]1(C#N)c1ccc(Cl)cc1F. The van der Waals surface area contributed by atoms with Gasteiger partial charge in [-0.15, -0.1) is 0 Å². The summed E-state index contributed by atoms with van der Waals surface area (Å²) < 4.78 is 49.8. The lowest BCUT2D eigenvalue weighted by Crippen LogP contribution is -2.74. The van der Waals surface area contributed by atoms with Gasteiger partial charge in [-0.25, -0.2) is 8.78 Å². The van der Waals surface area contributed by atoms with Gasteiger partial charge < -0.3 is 30.0 Å². The van der Waals surface area contributed by atoms with Crippen LogP contribution in [-0.2, 0) is 14.9 Å². The van der Waals surface area contributed by atoms with Crippen LogP contribution in [0.1, 0.15) is 89.3 Å². The van der Waals surface area contributed by atoms with Gasteiger partial charge in [-0.1, -0.05) is 114 Å². The summed E-state index contributed by atoms with van der Waals surface area (Å²) in [5.41, 5.74) is -1.78. The van der Waals surface area contributed by atoms with E-state index in [0.29, 0.717) is 34.1 Å². The Morgan fingerprint density at radius 1 is 0.906 bits per heavy atom. The van der Waals surface area contributed by atoms with Crippen molar-refractivity contribution in [3.8, 4) is 23.6 Å². The lowest BCUT2D eigenvalue weighted by molar-refractivity contribution is -0.179. The molecule has 1 amide bonds. The average molecular weight is 937 g/mol. The summed E-state index contributed by atoms with van der Waals surface area (Å²) in [6.07, 6.45) is -0.810. The first-order valence-corrected chi connectivity index (χ1v) is 22.2. The maximum absolute atomic E-state index is 15.9. The van der Waals surface area contributed by atoms with Crippen LogP contribution in [0.4, 0.5) is 8.78 Å². The van der Waals surface area contributed by atoms with E-state index in [1.807, 2.05) is 20.8 Å². The van der Waals surface area contributed by atoms with Crippen molar-refractivity contribution in [3.05, 3.63) is 128 Å². The summed E-state index contributed by atoms with van der Waals surface area (Å²) in [5.74, 6) is -2.08. The summed E-state index contributed by atoms with van der Waals surface area (Å²) in [5, 5.41) is 41.3. The molecule has 0 spiro atoms. The van der Waals surface area contributed by atoms with E-state index in [1.165, 1.54) is 24.3 Å². The average Bonchev–Trinajstić information content (AvgIpc) is 3.55. The molecule has 2 fully saturated rings. The second-order valence-electron chi connectivity index (χ2n) is 18.9. The number of halogens is 5. The number of nitriles is 2. The van der Waals surface area contributed by atoms with Crippen LogP contribution in [0.5, 0.6) is 11.5 Å². The summed E-state index contributed by atoms with van der Waals surface area (Å²) in [4.78, 5) is 14.0. The van der Waals surface area contributed by atoms with Gasteiger partial charge in [0.1, 0.15) is 53.6 Å². The third kappa shape index (κ3) is 10.00. The van der Waals surface area contributed by atoms with Crippen molar-refractivity contribution in [2.24, 2.45) is 16.2 Å². The molecule has 1 heterocycles. The number of benzene rings is 4. The second kappa shape index (κ2) is 19.5. The Morgan fingerprint density at radius 3 is 2.22 bits per heavy atom.